The van der Waals surface area contributed by atoms with Gasteiger partial charge in [0.15, 0.2) is 5.78 Å². The number of ketones is 1. The molecule has 1 aliphatic rings. The van der Waals surface area contributed by atoms with Crippen LogP contribution in [0.5, 0.6) is 5.75 Å². The third-order valence-corrected chi connectivity index (χ3v) is 3.90. The van der Waals surface area contributed by atoms with E-state index in [0.29, 0.717) is 35.8 Å². The van der Waals surface area contributed by atoms with Gasteiger partial charge in [0.2, 0.25) is 0 Å². The van der Waals surface area contributed by atoms with Gasteiger partial charge in [0.1, 0.15) is 5.75 Å². The average Bonchev–Trinajstić information content (AvgIpc) is 2.48. The fourth-order valence-corrected chi connectivity index (χ4v) is 2.75. The summed E-state index contributed by atoms with van der Waals surface area (Å²) in [6.45, 7) is 2.34. The van der Waals surface area contributed by atoms with Gasteiger partial charge in [-0.2, -0.15) is 0 Å². The zero-order valence-corrected chi connectivity index (χ0v) is 12.5. The number of carbonyl (C=O) groups excluding carboxylic acids is 1. The van der Waals surface area contributed by atoms with Gasteiger partial charge in [-0.15, -0.1) is 0 Å². The summed E-state index contributed by atoms with van der Waals surface area (Å²) in [4.78, 5) is 23.8. The van der Waals surface area contributed by atoms with Crippen molar-refractivity contribution in [3.05, 3.63) is 40.9 Å². The zero-order valence-electron chi connectivity index (χ0n) is 11.7. The van der Waals surface area contributed by atoms with Gasteiger partial charge in [0.05, 0.1) is 17.5 Å². The number of carboxylic acids is 1. The molecule has 0 saturated carbocycles. The Bertz CT molecular complexity index is 580. The van der Waals surface area contributed by atoms with E-state index in [2.05, 4.69) is 0 Å². The lowest BCUT2D eigenvalue weighted by atomic mass is 9.78. The van der Waals surface area contributed by atoms with Crippen LogP contribution in [0.1, 0.15) is 30.1 Å². The Kier molecular flexibility index (Phi) is 5.02. The molecule has 1 aliphatic carbocycles. The molecule has 5 heteroatoms. The van der Waals surface area contributed by atoms with Crippen molar-refractivity contribution < 1.29 is 19.4 Å². The van der Waals surface area contributed by atoms with Crippen LogP contribution < -0.4 is 4.74 Å². The maximum atomic E-state index is 12.5. The van der Waals surface area contributed by atoms with Crippen molar-refractivity contribution >= 4 is 23.4 Å². The van der Waals surface area contributed by atoms with Crippen molar-refractivity contribution in [2.24, 2.45) is 11.8 Å². The van der Waals surface area contributed by atoms with E-state index < -0.39 is 17.8 Å². The number of rotatable bonds is 5. The van der Waals surface area contributed by atoms with E-state index in [9.17, 15) is 14.7 Å². The average molecular weight is 309 g/mol. The number of hydrogen-bond acceptors (Lipinski definition) is 3. The first-order chi connectivity index (χ1) is 10.0. The summed E-state index contributed by atoms with van der Waals surface area (Å²) in [5.74, 6) is -1.81. The third-order valence-electron chi connectivity index (χ3n) is 3.60. The fraction of sp³-hybridized carbons (Fsp3) is 0.375. The normalized spacial score (nSPS) is 21.0. The van der Waals surface area contributed by atoms with E-state index in [1.54, 1.807) is 18.2 Å². The van der Waals surface area contributed by atoms with Crippen LogP contribution in [0.3, 0.4) is 0 Å². The summed E-state index contributed by atoms with van der Waals surface area (Å²) < 4.78 is 5.33. The van der Waals surface area contributed by atoms with E-state index in [1.165, 1.54) is 0 Å². The molecule has 2 rings (SSSR count). The van der Waals surface area contributed by atoms with Gasteiger partial charge in [-0.05, 0) is 38.0 Å². The molecular formula is C16H17ClO4. The topological polar surface area (TPSA) is 63.6 Å². The Morgan fingerprint density at radius 3 is 2.52 bits per heavy atom. The van der Waals surface area contributed by atoms with Crippen LogP contribution in [-0.4, -0.2) is 23.5 Å². The van der Waals surface area contributed by atoms with Crippen LogP contribution in [0, 0.1) is 11.8 Å². The molecule has 0 heterocycles. The van der Waals surface area contributed by atoms with Crippen LogP contribution in [-0.2, 0) is 4.79 Å². The van der Waals surface area contributed by atoms with E-state index in [0.717, 1.165) is 0 Å². The van der Waals surface area contributed by atoms with Crippen molar-refractivity contribution in [2.75, 3.05) is 6.61 Å². The first-order valence-corrected chi connectivity index (χ1v) is 7.26. The lowest BCUT2D eigenvalue weighted by Crippen LogP contribution is -2.31. The van der Waals surface area contributed by atoms with Crippen LogP contribution in [0.4, 0.5) is 0 Å². The lowest BCUT2D eigenvalue weighted by Gasteiger charge is -2.24. The maximum absolute atomic E-state index is 12.5. The van der Waals surface area contributed by atoms with Gasteiger partial charge < -0.3 is 9.84 Å². The number of hydrogen-bond donors (Lipinski definition) is 1. The SMILES string of the molecule is CCOc1ccc(C(=O)C2CC=CCC2C(=O)O)cc1Cl. The molecular weight excluding hydrogens is 292 g/mol. The highest BCUT2D eigenvalue weighted by Crippen LogP contribution is 2.32. The zero-order chi connectivity index (χ0) is 15.4. The summed E-state index contributed by atoms with van der Waals surface area (Å²) in [6, 6.07) is 4.83. The molecule has 0 bridgehead atoms. The molecule has 1 aromatic rings. The number of Topliss-reactive ketones (excluding diaryl/α,β-unsaturated/α-hetero) is 1. The van der Waals surface area contributed by atoms with Crippen LogP contribution in [0.2, 0.25) is 5.02 Å². The van der Waals surface area contributed by atoms with E-state index >= 15 is 0 Å². The van der Waals surface area contributed by atoms with Crippen LogP contribution in [0.25, 0.3) is 0 Å². The summed E-state index contributed by atoms with van der Waals surface area (Å²) in [5, 5.41) is 9.60. The van der Waals surface area contributed by atoms with E-state index in [4.69, 9.17) is 16.3 Å². The van der Waals surface area contributed by atoms with Gasteiger partial charge in [-0.1, -0.05) is 23.8 Å². The largest absolute Gasteiger partial charge is 0.492 e. The van der Waals surface area contributed by atoms with Crippen molar-refractivity contribution in [1.29, 1.82) is 0 Å². The Labute approximate surface area is 128 Å². The number of ether oxygens (including phenoxy) is 1. The van der Waals surface area contributed by atoms with Crippen molar-refractivity contribution in [2.45, 2.75) is 19.8 Å². The lowest BCUT2D eigenvalue weighted by molar-refractivity contribution is -0.143. The van der Waals surface area contributed by atoms with Crippen LogP contribution in [0.15, 0.2) is 30.4 Å². The molecule has 1 N–H and O–H groups in total. The first kappa shape index (κ1) is 15.6. The molecule has 0 fully saturated rings. The van der Waals surface area contributed by atoms with Gasteiger partial charge in [-0.3, -0.25) is 9.59 Å². The molecule has 112 valence electrons. The number of benzene rings is 1. The van der Waals surface area contributed by atoms with Crippen LogP contribution >= 0.6 is 11.6 Å². The summed E-state index contributed by atoms with van der Waals surface area (Å²) in [5.41, 5.74) is 0.426. The van der Waals surface area contributed by atoms with Crippen molar-refractivity contribution in [3.63, 3.8) is 0 Å². The summed E-state index contributed by atoms with van der Waals surface area (Å²) in [7, 11) is 0. The maximum Gasteiger partial charge on any atom is 0.307 e. The smallest absolute Gasteiger partial charge is 0.307 e. The van der Waals surface area contributed by atoms with E-state index in [-0.39, 0.29) is 5.78 Å². The molecule has 21 heavy (non-hydrogen) atoms. The number of halogens is 1. The predicted octanol–water partition coefficient (Wildman–Crippen LogP) is 3.59. The van der Waals surface area contributed by atoms with Gasteiger partial charge in [0.25, 0.3) is 0 Å². The second kappa shape index (κ2) is 6.76. The Morgan fingerprint density at radius 1 is 1.29 bits per heavy atom. The highest BCUT2D eigenvalue weighted by atomic mass is 35.5. The van der Waals surface area contributed by atoms with Gasteiger partial charge in [-0.25, -0.2) is 0 Å². The Balaban J connectivity index is 2.24. The number of carbonyl (C=O) groups is 2. The second-order valence-electron chi connectivity index (χ2n) is 4.94. The fourth-order valence-electron chi connectivity index (χ4n) is 2.52. The molecule has 0 saturated heterocycles. The Morgan fingerprint density at radius 2 is 1.95 bits per heavy atom. The molecule has 4 nitrogen and oxygen atoms in total. The van der Waals surface area contributed by atoms with Crippen molar-refractivity contribution in [3.8, 4) is 5.75 Å². The summed E-state index contributed by atoms with van der Waals surface area (Å²) in [6.07, 6.45) is 4.50. The predicted molar refractivity (Wildman–Crippen MR) is 79.9 cm³/mol. The first-order valence-electron chi connectivity index (χ1n) is 6.89. The molecule has 0 amide bonds. The van der Waals surface area contributed by atoms with Gasteiger partial charge in [0, 0.05) is 11.5 Å². The molecule has 1 aromatic carbocycles. The highest BCUT2D eigenvalue weighted by molar-refractivity contribution is 6.32. The third kappa shape index (κ3) is 3.45. The minimum atomic E-state index is -0.935. The van der Waals surface area contributed by atoms with E-state index in [1.807, 2.05) is 19.1 Å². The minimum Gasteiger partial charge on any atom is -0.492 e. The summed E-state index contributed by atoms with van der Waals surface area (Å²) >= 11 is 6.08. The number of carboxylic acid groups (broad SMARTS) is 1. The monoisotopic (exact) mass is 308 g/mol. The molecule has 0 radical (unpaired) electrons. The molecule has 2 unspecified atom stereocenters. The van der Waals surface area contributed by atoms with Gasteiger partial charge >= 0.3 is 5.97 Å². The highest BCUT2D eigenvalue weighted by Gasteiger charge is 2.34. The Hall–Kier alpha value is -1.81. The molecule has 0 spiro atoms. The quantitative estimate of drug-likeness (QED) is 0.667. The molecule has 0 aromatic heterocycles. The number of aliphatic carboxylic acids is 1. The molecule has 0 aliphatic heterocycles. The number of allylic oxidation sites excluding steroid dienone is 2. The standard InChI is InChI=1S/C16H17ClO4/c1-2-21-14-8-7-10(9-13(14)17)15(18)11-5-3-4-6-12(11)16(19)20/h3-4,7-9,11-12H,2,5-6H2,1H3,(H,19,20). The van der Waals surface area contributed by atoms with Crippen molar-refractivity contribution in [1.82, 2.24) is 0 Å². The molecule has 2 atom stereocenters. The second-order valence-corrected chi connectivity index (χ2v) is 5.34. The minimum absolute atomic E-state index is 0.184.